The van der Waals surface area contributed by atoms with Gasteiger partial charge in [0, 0.05) is 23.4 Å². The van der Waals surface area contributed by atoms with Gasteiger partial charge in [0.25, 0.3) is 0 Å². The summed E-state index contributed by atoms with van der Waals surface area (Å²) in [5.74, 6) is -2.16. The average Bonchev–Trinajstić information content (AvgIpc) is 2.62. The molecule has 2 aromatic rings. The summed E-state index contributed by atoms with van der Waals surface area (Å²) in [5, 5.41) is 10.5. The van der Waals surface area contributed by atoms with Crippen LogP contribution in [0.3, 0.4) is 0 Å². The number of halogens is 2. The van der Waals surface area contributed by atoms with E-state index in [2.05, 4.69) is 4.98 Å². The van der Waals surface area contributed by atoms with Gasteiger partial charge >= 0.3 is 0 Å². The fourth-order valence-electron chi connectivity index (χ4n) is 2.93. The first kappa shape index (κ1) is 13.2. The molecule has 0 radical (unpaired) electrons. The van der Waals surface area contributed by atoms with Crippen LogP contribution in [0.2, 0.25) is 0 Å². The minimum Gasteiger partial charge on any atom is -0.388 e. The highest BCUT2D eigenvalue weighted by Crippen LogP contribution is 2.40. The van der Waals surface area contributed by atoms with Gasteiger partial charge in [-0.25, -0.2) is 8.78 Å². The fourth-order valence-corrected chi connectivity index (χ4v) is 2.93. The molecule has 0 saturated heterocycles. The average molecular weight is 275 g/mol. The molecular weight excluding hydrogens is 260 g/mol. The lowest BCUT2D eigenvalue weighted by molar-refractivity contribution is 0.140. The molecule has 0 aliphatic heterocycles. The van der Waals surface area contributed by atoms with Crippen LogP contribution in [-0.2, 0) is 6.42 Å². The second kappa shape index (κ2) is 5.29. The van der Waals surface area contributed by atoms with Gasteiger partial charge in [-0.05, 0) is 37.0 Å². The molecule has 2 nitrogen and oxygen atoms in total. The van der Waals surface area contributed by atoms with Crippen LogP contribution in [-0.4, -0.2) is 10.1 Å². The molecule has 2 atom stereocenters. The largest absolute Gasteiger partial charge is 0.388 e. The van der Waals surface area contributed by atoms with Crippen LogP contribution >= 0.6 is 0 Å². The maximum Gasteiger partial charge on any atom is 0.162 e. The van der Waals surface area contributed by atoms with Crippen molar-refractivity contribution in [1.82, 2.24) is 4.98 Å². The highest BCUT2D eigenvalue weighted by Gasteiger charge is 2.30. The third-order valence-electron chi connectivity index (χ3n) is 3.93. The summed E-state index contributed by atoms with van der Waals surface area (Å²) >= 11 is 0. The number of fused-ring (bicyclic) bond motifs is 1. The van der Waals surface area contributed by atoms with E-state index in [0.29, 0.717) is 6.42 Å². The van der Waals surface area contributed by atoms with Crippen LogP contribution in [0.5, 0.6) is 0 Å². The molecule has 1 aromatic heterocycles. The van der Waals surface area contributed by atoms with Crippen LogP contribution in [0.1, 0.15) is 41.7 Å². The predicted molar refractivity (Wildman–Crippen MR) is 71.2 cm³/mol. The van der Waals surface area contributed by atoms with E-state index in [1.807, 2.05) is 6.07 Å². The molecule has 4 heteroatoms. The van der Waals surface area contributed by atoms with Crippen molar-refractivity contribution in [3.8, 4) is 0 Å². The SMILES string of the molecule is O[C@@H]1c2cccnc2CCC[C@H]1c1cccc(F)c1F. The Morgan fingerprint density at radius 3 is 2.75 bits per heavy atom. The standard InChI is InChI=1S/C16H15F2NO/c17-13-7-1-4-10(15(13)18)11-5-2-8-14-12(16(11)20)6-3-9-19-14/h1,3-4,6-7,9,11,16,20H,2,5,8H2/t11-,16-/m0/s1. The second-order valence-electron chi connectivity index (χ2n) is 5.13. The third kappa shape index (κ3) is 2.20. The number of rotatable bonds is 1. The minimum absolute atomic E-state index is 0.245. The van der Waals surface area contributed by atoms with Gasteiger partial charge in [-0.15, -0.1) is 0 Å². The van der Waals surface area contributed by atoms with E-state index < -0.39 is 23.7 Å². The minimum atomic E-state index is -0.870. The summed E-state index contributed by atoms with van der Waals surface area (Å²) in [4.78, 5) is 4.27. The molecule has 1 aromatic carbocycles. The predicted octanol–water partition coefficient (Wildman–Crippen LogP) is 3.51. The molecule has 0 spiro atoms. The first-order valence-electron chi connectivity index (χ1n) is 6.74. The zero-order valence-electron chi connectivity index (χ0n) is 10.9. The fraction of sp³-hybridized carbons (Fsp3) is 0.312. The number of pyridine rings is 1. The maximum absolute atomic E-state index is 14.0. The number of aliphatic hydroxyl groups is 1. The van der Waals surface area contributed by atoms with E-state index in [1.165, 1.54) is 6.07 Å². The van der Waals surface area contributed by atoms with Crippen molar-refractivity contribution in [2.24, 2.45) is 0 Å². The van der Waals surface area contributed by atoms with Crippen molar-refractivity contribution in [2.75, 3.05) is 0 Å². The summed E-state index contributed by atoms with van der Waals surface area (Å²) < 4.78 is 27.4. The van der Waals surface area contributed by atoms with E-state index in [9.17, 15) is 13.9 Å². The lowest BCUT2D eigenvalue weighted by atomic mass is 9.87. The van der Waals surface area contributed by atoms with E-state index in [4.69, 9.17) is 0 Å². The second-order valence-corrected chi connectivity index (χ2v) is 5.13. The maximum atomic E-state index is 14.0. The molecule has 20 heavy (non-hydrogen) atoms. The first-order valence-corrected chi connectivity index (χ1v) is 6.74. The number of benzene rings is 1. The Morgan fingerprint density at radius 2 is 1.90 bits per heavy atom. The highest BCUT2D eigenvalue weighted by atomic mass is 19.2. The Hall–Kier alpha value is -1.81. The monoisotopic (exact) mass is 275 g/mol. The molecule has 1 N–H and O–H groups in total. The lowest BCUT2D eigenvalue weighted by Gasteiger charge is -2.22. The summed E-state index contributed by atoms with van der Waals surface area (Å²) in [5.41, 5.74) is 1.81. The van der Waals surface area contributed by atoms with Crippen LogP contribution in [0.15, 0.2) is 36.5 Å². The van der Waals surface area contributed by atoms with E-state index in [0.717, 1.165) is 30.2 Å². The van der Waals surface area contributed by atoms with Gasteiger partial charge in [0.05, 0.1) is 6.10 Å². The first-order chi connectivity index (χ1) is 9.68. The van der Waals surface area contributed by atoms with Gasteiger partial charge in [-0.2, -0.15) is 0 Å². The summed E-state index contributed by atoms with van der Waals surface area (Å²) in [6.07, 6.45) is 2.99. The highest BCUT2D eigenvalue weighted by molar-refractivity contribution is 5.31. The smallest absolute Gasteiger partial charge is 0.162 e. The van der Waals surface area contributed by atoms with E-state index in [1.54, 1.807) is 18.3 Å². The number of nitrogens with zero attached hydrogens (tertiary/aromatic N) is 1. The Bertz CT molecular complexity index is 630. The molecule has 0 unspecified atom stereocenters. The van der Waals surface area contributed by atoms with Gasteiger partial charge in [0.2, 0.25) is 0 Å². The van der Waals surface area contributed by atoms with Crippen molar-refractivity contribution in [2.45, 2.75) is 31.3 Å². The van der Waals surface area contributed by atoms with Crippen molar-refractivity contribution in [1.29, 1.82) is 0 Å². The van der Waals surface area contributed by atoms with Crippen molar-refractivity contribution >= 4 is 0 Å². The summed E-state index contributed by atoms with van der Waals surface area (Å²) in [6.45, 7) is 0. The van der Waals surface area contributed by atoms with Crippen molar-refractivity contribution in [3.05, 3.63) is 65.0 Å². The zero-order valence-corrected chi connectivity index (χ0v) is 10.9. The normalized spacial score (nSPS) is 22.1. The molecule has 1 aliphatic rings. The molecule has 104 valence electrons. The van der Waals surface area contributed by atoms with Gasteiger partial charge in [-0.3, -0.25) is 4.98 Å². The Labute approximate surface area is 116 Å². The molecule has 0 bridgehead atoms. The Balaban J connectivity index is 2.05. The van der Waals surface area contributed by atoms with Gasteiger partial charge < -0.3 is 5.11 Å². The number of aromatic nitrogens is 1. The topological polar surface area (TPSA) is 33.1 Å². The van der Waals surface area contributed by atoms with Gasteiger partial charge in [0.1, 0.15) is 0 Å². The van der Waals surface area contributed by atoms with Crippen molar-refractivity contribution < 1.29 is 13.9 Å². The Morgan fingerprint density at radius 1 is 1.10 bits per heavy atom. The zero-order chi connectivity index (χ0) is 14.1. The van der Waals surface area contributed by atoms with E-state index >= 15 is 0 Å². The van der Waals surface area contributed by atoms with Gasteiger partial charge in [-0.1, -0.05) is 18.2 Å². The third-order valence-corrected chi connectivity index (χ3v) is 3.93. The number of aliphatic hydroxyl groups excluding tert-OH is 1. The molecule has 0 saturated carbocycles. The molecular formula is C16H15F2NO. The molecule has 0 fully saturated rings. The summed E-state index contributed by atoms with van der Waals surface area (Å²) in [7, 11) is 0. The summed E-state index contributed by atoms with van der Waals surface area (Å²) in [6, 6.07) is 7.69. The molecule has 1 aliphatic carbocycles. The number of aryl methyl sites for hydroxylation is 1. The van der Waals surface area contributed by atoms with Gasteiger partial charge in [0.15, 0.2) is 11.6 Å². The van der Waals surface area contributed by atoms with Crippen molar-refractivity contribution in [3.63, 3.8) is 0 Å². The molecule has 3 rings (SSSR count). The Kier molecular flexibility index (Phi) is 3.49. The number of hydrogen-bond acceptors (Lipinski definition) is 2. The van der Waals surface area contributed by atoms with Crippen LogP contribution in [0, 0.1) is 11.6 Å². The van der Waals surface area contributed by atoms with Crippen LogP contribution < -0.4 is 0 Å². The molecule has 0 amide bonds. The quantitative estimate of drug-likeness (QED) is 0.808. The van der Waals surface area contributed by atoms with Crippen LogP contribution in [0.4, 0.5) is 8.78 Å². The van der Waals surface area contributed by atoms with Crippen LogP contribution in [0.25, 0.3) is 0 Å². The molecule has 1 heterocycles. The van der Waals surface area contributed by atoms with E-state index in [-0.39, 0.29) is 5.56 Å². The number of hydrogen-bond donors (Lipinski definition) is 1. The lowest BCUT2D eigenvalue weighted by Crippen LogP contribution is -2.13.